The van der Waals surface area contributed by atoms with Crippen LogP contribution >= 0.6 is 11.3 Å². The Kier molecular flexibility index (Phi) is 12.9. The summed E-state index contributed by atoms with van der Waals surface area (Å²) in [5, 5.41) is 18.9. The van der Waals surface area contributed by atoms with Crippen molar-refractivity contribution in [2.45, 2.75) is 57.9 Å². The lowest BCUT2D eigenvalue weighted by atomic mass is 10.0. The molecule has 1 unspecified atom stereocenters. The van der Waals surface area contributed by atoms with Crippen molar-refractivity contribution in [3.63, 3.8) is 0 Å². The molecule has 0 saturated carbocycles. The van der Waals surface area contributed by atoms with Gasteiger partial charge in [-0.25, -0.2) is 9.59 Å². The molecule has 0 bridgehead atoms. The SMILES string of the molecule is CCCCCCCOc1ccc(C(=O)Oc2ccc(CC(NC(=O)c3ccc(NC(=O)Cc4ccsc4)cc3)C(=O)O)cc2)cc1. The molecule has 0 spiro atoms. The Labute approximate surface area is 272 Å². The van der Waals surface area contributed by atoms with Crippen LogP contribution in [0.3, 0.4) is 0 Å². The first kappa shape index (κ1) is 33.9. The van der Waals surface area contributed by atoms with Gasteiger partial charge in [-0.15, -0.1) is 0 Å². The second kappa shape index (κ2) is 17.5. The lowest BCUT2D eigenvalue weighted by Gasteiger charge is -2.15. The molecular weight excluding hydrogens is 604 g/mol. The molecule has 0 aliphatic heterocycles. The molecule has 0 fully saturated rings. The summed E-state index contributed by atoms with van der Waals surface area (Å²) in [5.74, 6) is -1.45. The number of thiophene rings is 1. The van der Waals surface area contributed by atoms with Crippen molar-refractivity contribution in [2.75, 3.05) is 11.9 Å². The summed E-state index contributed by atoms with van der Waals surface area (Å²) in [6.07, 6.45) is 6.04. The fourth-order valence-corrected chi connectivity index (χ4v) is 5.28. The molecule has 1 heterocycles. The van der Waals surface area contributed by atoms with Gasteiger partial charge in [0.05, 0.1) is 18.6 Å². The fraction of sp³-hybridized carbons (Fsp3) is 0.278. The van der Waals surface area contributed by atoms with Crippen LogP contribution in [0, 0.1) is 0 Å². The van der Waals surface area contributed by atoms with E-state index in [-0.39, 0.29) is 24.3 Å². The average Bonchev–Trinajstić information content (AvgIpc) is 3.56. The highest BCUT2D eigenvalue weighted by Crippen LogP contribution is 2.19. The quantitative estimate of drug-likeness (QED) is 0.0647. The maximum Gasteiger partial charge on any atom is 0.343 e. The van der Waals surface area contributed by atoms with E-state index in [4.69, 9.17) is 9.47 Å². The van der Waals surface area contributed by atoms with Crippen molar-refractivity contribution in [1.29, 1.82) is 0 Å². The summed E-state index contributed by atoms with van der Waals surface area (Å²) in [6.45, 7) is 2.82. The third-order valence-electron chi connectivity index (χ3n) is 7.16. The topological polar surface area (TPSA) is 131 Å². The first-order chi connectivity index (χ1) is 22.3. The molecule has 4 rings (SSSR count). The molecule has 240 valence electrons. The number of hydrogen-bond donors (Lipinski definition) is 3. The van der Waals surface area contributed by atoms with Crippen molar-refractivity contribution in [3.8, 4) is 11.5 Å². The minimum atomic E-state index is -1.19. The van der Waals surface area contributed by atoms with Gasteiger partial charge < -0.3 is 25.2 Å². The van der Waals surface area contributed by atoms with Gasteiger partial charge in [-0.1, -0.05) is 44.7 Å². The van der Waals surface area contributed by atoms with E-state index in [1.165, 1.54) is 42.7 Å². The highest BCUT2D eigenvalue weighted by atomic mass is 32.1. The second-order valence-electron chi connectivity index (χ2n) is 10.8. The molecule has 3 N–H and O–H groups in total. The predicted octanol–water partition coefficient (Wildman–Crippen LogP) is 6.92. The second-order valence-corrected chi connectivity index (χ2v) is 11.6. The van der Waals surface area contributed by atoms with Gasteiger partial charge in [0.2, 0.25) is 5.91 Å². The number of carboxylic acids is 1. The zero-order valence-electron chi connectivity index (χ0n) is 25.7. The Hall–Kier alpha value is -4.96. The van der Waals surface area contributed by atoms with Crippen LogP contribution < -0.4 is 20.1 Å². The molecule has 9 nitrogen and oxygen atoms in total. The van der Waals surface area contributed by atoms with E-state index >= 15 is 0 Å². The molecule has 3 aromatic carbocycles. The first-order valence-electron chi connectivity index (χ1n) is 15.3. The summed E-state index contributed by atoms with van der Waals surface area (Å²) < 4.78 is 11.2. The molecule has 46 heavy (non-hydrogen) atoms. The molecule has 0 radical (unpaired) electrons. The van der Waals surface area contributed by atoms with E-state index in [0.29, 0.717) is 34.9 Å². The Morgan fingerprint density at radius 3 is 2.11 bits per heavy atom. The number of esters is 1. The van der Waals surface area contributed by atoms with Crippen LogP contribution in [0.2, 0.25) is 0 Å². The number of anilines is 1. The van der Waals surface area contributed by atoms with Crippen molar-refractivity contribution < 1.29 is 33.8 Å². The number of unbranched alkanes of at least 4 members (excludes halogenated alkanes) is 4. The largest absolute Gasteiger partial charge is 0.494 e. The van der Waals surface area contributed by atoms with Gasteiger partial charge in [0, 0.05) is 17.7 Å². The maximum absolute atomic E-state index is 12.8. The smallest absolute Gasteiger partial charge is 0.343 e. The monoisotopic (exact) mass is 642 g/mol. The predicted molar refractivity (Wildman–Crippen MR) is 178 cm³/mol. The van der Waals surface area contributed by atoms with Gasteiger partial charge in [-0.05, 0) is 95.0 Å². The van der Waals surface area contributed by atoms with Crippen molar-refractivity contribution >= 4 is 40.8 Å². The van der Waals surface area contributed by atoms with Crippen molar-refractivity contribution in [1.82, 2.24) is 5.32 Å². The number of carboxylic acid groups (broad SMARTS) is 1. The molecule has 0 aliphatic carbocycles. The van der Waals surface area contributed by atoms with E-state index in [1.54, 1.807) is 60.7 Å². The Morgan fingerprint density at radius 1 is 0.783 bits per heavy atom. The number of nitrogens with one attached hydrogen (secondary N) is 2. The standard InChI is InChI=1S/C36H38N2O7S/c1-2-3-4-5-6-20-44-30-17-11-28(12-18-30)36(43)45-31-15-7-25(8-16-31)22-32(35(41)42)38-34(40)27-9-13-29(14-10-27)37-33(39)23-26-19-21-46-24-26/h7-19,21,24,32H,2-6,20,22-23H2,1H3,(H,37,39)(H,38,40)(H,41,42). The molecule has 1 aromatic heterocycles. The van der Waals surface area contributed by atoms with E-state index in [0.717, 1.165) is 18.4 Å². The first-order valence-corrected chi connectivity index (χ1v) is 16.2. The fourth-order valence-electron chi connectivity index (χ4n) is 4.61. The van der Waals surface area contributed by atoms with Crippen LogP contribution in [0.5, 0.6) is 11.5 Å². The van der Waals surface area contributed by atoms with Crippen molar-refractivity contribution in [2.24, 2.45) is 0 Å². The Bertz CT molecular complexity index is 1570. The number of carbonyl (C=O) groups excluding carboxylic acids is 3. The van der Waals surface area contributed by atoms with Gasteiger partial charge in [0.15, 0.2) is 0 Å². The van der Waals surface area contributed by atoms with Gasteiger partial charge in [0.1, 0.15) is 17.5 Å². The normalized spacial score (nSPS) is 11.3. The lowest BCUT2D eigenvalue weighted by molar-refractivity contribution is -0.139. The summed E-state index contributed by atoms with van der Waals surface area (Å²) in [6, 6.07) is 20.2. The highest BCUT2D eigenvalue weighted by Gasteiger charge is 2.21. The minimum absolute atomic E-state index is 0.0199. The van der Waals surface area contributed by atoms with E-state index in [2.05, 4.69) is 17.6 Å². The number of rotatable bonds is 17. The zero-order valence-corrected chi connectivity index (χ0v) is 26.5. The molecule has 10 heteroatoms. The average molecular weight is 643 g/mol. The van der Waals surface area contributed by atoms with E-state index in [1.807, 2.05) is 16.8 Å². The van der Waals surface area contributed by atoms with E-state index in [9.17, 15) is 24.3 Å². The van der Waals surface area contributed by atoms with Gasteiger partial charge in [0.25, 0.3) is 5.91 Å². The zero-order chi connectivity index (χ0) is 32.7. The summed E-state index contributed by atoms with van der Waals surface area (Å²) in [4.78, 5) is 49.6. The molecule has 1 atom stereocenters. The third-order valence-corrected chi connectivity index (χ3v) is 7.89. The summed E-state index contributed by atoms with van der Waals surface area (Å²) >= 11 is 1.52. The molecule has 0 saturated heterocycles. The van der Waals surface area contributed by atoms with Crippen LogP contribution in [0.15, 0.2) is 89.6 Å². The maximum atomic E-state index is 12.8. The summed E-state index contributed by atoms with van der Waals surface area (Å²) in [5.41, 5.74) is 2.71. The van der Waals surface area contributed by atoms with Gasteiger partial charge in [-0.2, -0.15) is 11.3 Å². The molecular formula is C36H38N2O7S. The van der Waals surface area contributed by atoms with Crippen LogP contribution in [0.4, 0.5) is 5.69 Å². The molecule has 2 amide bonds. The summed E-state index contributed by atoms with van der Waals surface area (Å²) in [7, 11) is 0. The van der Waals surface area contributed by atoms with Crippen LogP contribution in [-0.4, -0.2) is 41.5 Å². The number of carbonyl (C=O) groups is 4. The van der Waals surface area contributed by atoms with Crippen LogP contribution in [0.1, 0.15) is 70.9 Å². The van der Waals surface area contributed by atoms with Crippen molar-refractivity contribution in [3.05, 3.63) is 112 Å². The number of amides is 2. The van der Waals surface area contributed by atoms with Crippen LogP contribution in [-0.2, 0) is 22.4 Å². The van der Waals surface area contributed by atoms with Crippen LogP contribution in [0.25, 0.3) is 0 Å². The molecule has 0 aliphatic rings. The number of benzene rings is 3. The third kappa shape index (κ3) is 10.9. The minimum Gasteiger partial charge on any atom is -0.494 e. The number of hydrogen-bond acceptors (Lipinski definition) is 7. The number of ether oxygens (including phenoxy) is 2. The Balaban J connectivity index is 1.24. The lowest BCUT2D eigenvalue weighted by Crippen LogP contribution is -2.42. The van der Waals surface area contributed by atoms with Gasteiger partial charge >= 0.3 is 11.9 Å². The molecule has 4 aromatic rings. The number of aliphatic carboxylic acids is 1. The van der Waals surface area contributed by atoms with Gasteiger partial charge in [-0.3, -0.25) is 9.59 Å². The van der Waals surface area contributed by atoms with E-state index < -0.39 is 23.9 Å². The highest BCUT2D eigenvalue weighted by molar-refractivity contribution is 7.08. The Morgan fingerprint density at radius 2 is 1.46 bits per heavy atom.